The van der Waals surface area contributed by atoms with Crippen molar-refractivity contribution >= 4 is 0 Å². The minimum Gasteiger partial charge on any atom is -0.493 e. The molecule has 0 amide bonds. The lowest BCUT2D eigenvalue weighted by Gasteiger charge is -2.29. The van der Waals surface area contributed by atoms with Crippen molar-refractivity contribution in [3.05, 3.63) is 29.8 Å². The predicted octanol–water partition coefficient (Wildman–Crippen LogP) is 3.53. The van der Waals surface area contributed by atoms with Crippen LogP contribution in [-0.2, 0) is 0 Å². The highest BCUT2D eigenvalue weighted by molar-refractivity contribution is 5.26. The molecule has 1 aliphatic rings. The quantitative estimate of drug-likeness (QED) is 0.864. The van der Waals surface area contributed by atoms with Gasteiger partial charge in [0.15, 0.2) is 0 Å². The van der Waals surface area contributed by atoms with Crippen LogP contribution in [0.25, 0.3) is 0 Å². The van der Waals surface area contributed by atoms with Gasteiger partial charge in [-0.25, -0.2) is 0 Å². The van der Waals surface area contributed by atoms with Crippen LogP contribution in [0.1, 0.15) is 37.7 Å². The van der Waals surface area contributed by atoms with Crippen LogP contribution >= 0.6 is 0 Å². The van der Waals surface area contributed by atoms with Crippen molar-refractivity contribution in [3.63, 3.8) is 0 Å². The van der Waals surface area contributed by atoms with E-state index in [-0.39, 0.29) is 0 Å². The van der Waals surface area contributed by atoms with Crippen molar-refractivity contribution < 1.29 is 4.74 Å². The summed E-state index contributed by atoms with van der Waals surface area (Å²) in [6.07, 6.45) is 6.79. The summed E-state index contributed by atoms with van der Waals surface area (Å²) in [7, 11) is 0. The first-order valence-electron chi connectivity index (χ1n) is 7.19. The third-order valence-corrected chi connectivity index (χ3v) is 4.10. The molecule has 0 bridgehead atoms. The Morgan fingerprint density at radius 3 is 2.44 bits per heavy atom. The molecule has 1 unspecified atom stereocenters. The van der Waals surface area contributed by atoms with Crippen molar-refractivity contribution in [1.29, 1.82) is 0 Å². The Hall–Kier alpha value is -1.02. The molecule has 0 radical (unpaired) electrons. The monoisotopic (exact) mass is 247 g/mol. The van der Waals surface area contributed by atoms with E-state index in [1.54, 1.807) is 0 Å². The Balaban J connectivity index is 1.84. The molecule has 1 aromatic rings. The van der Waals surface area contributed by atoms with Crippen LogP contribution in [0.15, 0.2) is 24.3 Å². The molecule has 2 N–H and O–H groups in total. The van der Waals surface area contributed by atoms with Crippen molar-refractivity contribution in [2.45, 2.75) is 39.0 Å². The van der Waals surface area contributed by atoms with Crippen LogP contribution in [0.2, 0.25) is 0 Å². The summed E-state index contributed by atoms with van der Waals surface area (Å²) >= 11 is 0. The van der Waals surface area contributed by atoms with E-state index < -0.39 is 0 Å². The maximum atomic E-state index is 5.91. The predicted molar refractivity (Wildman–Crippen MR) is 75.8 cm³/mol. The van der Waals surface area contributed by atoms with Gasteiger partial charge in [-0.2, -0.15) is 0 Å². The smallest absolute Gasteiger partial charge is 0.119 e. The van der Waals surface area contributed by atoms with E-state index in [4.69, 9.17) is 10.5 Å². The van der Waals surface area contributed by atoms with Crippen molar-refractivity contribution in [1.82, 2.24) is 0 Å². The fourth-order valence-corrected chi connectivity index (χ4v) is 2.84. The molecule has 2 rings (SSSR count). The largest absolute Gasteiger partial charge is 0.493 e. The topological polar surface area (TPSA) is 35.2 Å². The number of nitrogens with two attached hydrogens (primary N) is 1. The van der Waals surface area contributed by atoms with Crippen molar-refractivity contribution in [3.8, 4) is 5.75 Å². The van der Waals surface area contributed by atoms with Gasteiger partial charge in [-0.05, 0) is 31.5 Å². The summed E-state index contributed by atoms with van der Waals surface area (Å²) < 4.78 is 5.89. The molecule has 18 heavy (non-hydrogen) atoms. The zero-order chi connectivity index (χ0) is 12.8. The molecule has 2 nitrogen and oxygen atoms in total. The van der Waals surface area contributed by atoms with Crippen molar-refractivity contribution in [2.24, 2.45) is 17.6 Å². The second-order valence-electron chi connectivity index (χ2n) is 5.52. The normalized spacial score (nSPS) is 18.6. The zero-order valence-corrected chi connectivity index (χ0v) is 11.4. The molecule has 1 aromatic carbocycles. The average molecular weight is 247 g/mol. The molecule has 1 aliphatic carbocycles. The molecule has 0 aliphatic heterocycles. The van der Waals surface area contributed by atoms with Crippen LogP contribution in [0.3, 0.4) is 0 Å². The highest BCUT2D eigenvalue weighted by Gasteiger charge is 2.23. The molecule has 1 fully saturated rings. The lowest BCUT2D eigenvalue weighted by molar-refractivity contribution is 0.167. The number of ether oxygens (including phenoxy) is 1. The second-order valence-corrected chi connectivity index (χ2v) is 5.52. The van der Waals surface area contributed by atoms with E-state index in [0.717, 1.165) is 24.8 Å². The minimum absolute atomic E-state index is 0.520. The summed E-state index contributed by atoms with van der Waals surface area (Å²) in [5.41, 5.74) is 7.18. The average Bonchev–Trinajstić information content (AvgIpc) is 2.43. The van der Waals surface area contributed by atoms with Gasteiger partial charge in [0.1, 0.15) is 5.75 Å². The maximum Gasteiger partial charge on any atom is 0.119 e. The van der Waals surface area contributed by atoms with Gasteiger partial charge in [-0.15, -0.1) is 0 Å². The first-order chi connectivity index (χ1) is 8.79. The van der Waals surface area contributed by atoms with Gasteiger partial charge in [0, 0.05) is 5.92 Å². The molecular weight excluding hydrogens is 222 g/mol. The van der Waals surface area contributed by atoms with Gasteiger partial charge >= 0.3 is 0 Å². The van der Waals surface area contributed by atoms with Crippen LogP contribution < -0.4 is 10.5 Å². The zero-order valence-electron chi connectivity index (χ0n) is 11.4. The Morgan fingerprint density at radius 2 is 1.83 bits per heavy atom. The van der Waals surface area contributed by atoms with Crippen molar-refractivity contribution in [2.75, 3.05) is 13.2 Å². The van der Waals surface area contributed by atoms with E-state index in [0.29, 0.717) is 5.92 Å². The van der Waals surface area contributed by atoms with E-state index in [9.17, 15) is 0 Å². The van der Waals surface area contributed by atoms with Gasteiger partial charge in [0.05, 0.1) is 6.61 Å². The molecule has 100 valence electrons. The first kappa shape index (κ1) is 13.4. The van der Waals surface area contributed by atoms with Crippen LogP contribution in [0.4, 0.5) is 0 Å². The molecule has 0 heterocycles. The SMILES string of the molecule is Cc1ccc(OCC(CN)C2CCCCC2)cc1. The highest BCUT2D eigenvalue weighted by Crippen LogP contribution is 2.30. The molecule has 0 spiro atoms. The second kappa shape index (κ2) is 6.79. The lowest BCUT2D eigenvalue weighted by atomic mass is 9.80. The highest BCUT2D eigenvalue weighted by atomic mass is 16.5. The lowest BCUT2D eigenvalue weighted by Crippen LogP contribution is -2.30. The van der Waals surface area contributed by atoms with Gasteiger partial charge in [0.25, 0.3) is 0 Å². The fourth-order valence-electron chi connectivity index (χ4n) is 2.84. The van der Waals surface area contributed by atoms with Crippen LogP contribution in [0.5, 0.6) is 5.75 Å². The third-order valence-electron chi connectivity index (χ3n) is 4.10. The first-order valence-corrected chi connectivity index (χ1v) is 7.19. The fraction of sp³-hybridized carbons (Fsp3) is 0.625. The molecule has 0 aromatic heterocycles. The van der Waals surface area contributed by atoms with Crippen LogP contribution in [-0.4, -0.2) is 13.2 Å². The number of benzene rings is 1. The van der Waals surface area contributed by atoms with E-state index >= 15 is 0 Å². The summed E-state index contributed by atoms with van der Waals surface area (Å²) in [5, 5.41) is 0. The summed E-state index contributed by atoms with van der Waals surface area (Å²) in [4.78, 5) is 0. The summed E-state index contributed by atoms with van der Waals surface area (Å²) in [6.45, 7) is 3.61. The van der Waals surface area contributed by atoms with Crippen LogP contribution in [0, 0.1) is 18.8 Å². The third kappa shape index (κ3) is 3.74. The van der Waals surface area contributed by atoms with E-state index in [1.165, 1.54) is 37.7 Å². The van der Waals surface area contributed by atoms with Gasteiger partial charge in [-0.1, -0.05) is 49.8 Å². The Labute approximate surface area is 111 Å². The number of hydrogen-bond acceptors (Lipinski definition) is 2. The molecule has 1 saturated carbocycles. The summed E-state index contributed by atoms with van der Waals surface area (Å²) in [6, 6.07) is 8.27. The molecule has 1 atom stereocenters. The molecule has 0 saturated heterocycles. The molecule has 2 heteroatoms. The van der Waals surface area contributed by atoms with Gasteiger partial charge < -0.3 is 10.5 Å². The standard InChI is InChI=1S/C16H25NO/c1-13-7-9-16(10-8-13)18-12-15(11-17)14-5-3-2-4-6-14/h7-10,14-15H,2-6,11-12,17H2,1H3. The van der Waals surface area contributed by atoms with Gasteiger partial charge in [-0.3, -0.25) is 0 Å². The van der Waals surface area contributed by atoms with Gasteiger partial charge in [0.2, 0.25) is 0 Å². The number of aryl methyl sites for hydroxylation is 1. The van der Waals surface area contributed by atoms with E-state index in [2.05, 4.69) is 19.1 Å². The maximum absolute atomic E-state index is 5.91. The number of hydrogen-bond donors (Lipinski definition) is 1. The van der Waals surface area contributed by atoms with E-state index in [1.807, 2.05) is 12.1 Å². The Morgan fingerprint density at radius 1 is 1.17 bits per heavy atom. The number of rotatable bonds is 5. The Bertz CT molecular complexity index is 341. The summed E-state index contributed by atoms with van der Waals surface area (Å²) in [5.74, 6) is 2.26. The Kier molecular flexibility index (Phi) is 5.06. The minimum atomic E-state index is 0.520. The molecular formula is C16H25NO.